The lowest BCUT2D eigenvalue weighted by Gasteiger charge is -2.09. The van der Waals surface area contributed by atoms with Gasteiger partial charge in [0.2, 0.25) is 5.95 Å². The summed E-state index contributed by atoms with van der Waals surface area (Å²) in [5.41, 5.74) is 4.11. The molecule has 2 aromatic carbocycles. The molecule has 0 atom stereocenters. The molecule has 1 amide bonds. The van der Waals surface area contributed by atoms with Crippen LogP contribution in [0.5, 0.6) is 0 Å². The number of nitrogens with zero attached hydrogens (tertiary/aromatic N) is 2. The Hall–Kier alpha value is -3.74. The van der Waals surface area contributed by atoms with E-state index >= 15 is 0 Å². The number of ether oxygens (including phenoxy) is 1. The van der Waals surface area contributed by atoms with Crippen molar-refractivity contribution in [3.8, 4) is 0 Å². The van der Waals surface area contributed by atoms with Crippen LogP contribution in [0.1, 0.15) is 51.9 Å². The van der Waals surface area contributed by atoms with Crippen LogP contribution in [0.25, 0.3) is 0 Å². The number of anilines is 3. The zero-order chi connectivity index (χ0) is 22.2. The molecule has 1 heterocycles. The highest BCUT2D eigenvalue weighted by atomic mass is 16.5. The third-order valence-corrected chi connectivity index (χ3v) is 4.50. The molecule has 0 aliphatic heterocycles. The van der Waals surface area contributed by atoms with Crippen molar-refractivity contribution in [3.05, 3.63) is 77.1 Å². The summed E-state index contributed by atoms with van der Waals surface area (Å²) in [6, 6.07) is 15.6. The Morgan fingerprint density at radius 3 is 2.06 bits per heavy atom. The average Bonchev–Trinajstić information content (AvgIpc) is 2.74. The fraction of sp³-hybridized carbons (Fsp3) is 0.250. The fourth-order valence-electron chi connectivity index (χ4n) is 2.90. The van der Waals surface area contributed by atoms with E-state index in [2.05, 4.69) is 20.6 Å². The van der Waals surface area contributed by atoms with Gasteiger partial charge in [-0.3, -0.25) is 4.79 Å². The molecule has 0 aliphatic rings. The summed E-state index contributed by atoms with van der Waals surface area (Å²) in [5, 5.41) is 5.96. The van der Waals surface area contributed by atoms with Gasteiger partial charge < -0.3 is 15.4 Å². The first-order valence-electron chi connectivity index (χ1n) is 10.2. The fourth-order valence-corrected chi connectivity index (χ4v) is 2.90. The number of carbonyl (C=O) groups is 2. The highest BCUT2D eigenvalue weighted by Crippen LogP contribution is 2.17. The first-order valence-corrected chi connectivity index (χ1v) is 10.2. The second-order valence-electron chi connectivity index (χ2n) is 7.20. The van der Waals surface area contributed by atoms with E-state index < -0.39 is 0 Å². The van der Waals surface area contributed by atoms with Gasteiger partial charge in [0.1, 0.15) is 0 Å². The normalized spacial score (nSPS) is 10.4. The molecule has 3 aromatic rings. The van der Waals surface area contributed by atoms with E-state index in [9.17, 15) is 9.59 Å². The molecular weight excluding hydrogens is 392 g/mol. The van der Waals surface area contributed by atoms with Crippen LogP contribution in [-0.4, -0.2) is 28.5 Å². The number of amides is 1. The van der Waals surface area contributed by atoms with Crippen molar-refractivity contribution in [2.24, 2.45) is 0 Å². The van der Waals surface area contributed by atoms with Gasteiger partial charge in [-0.05, 0) is 74.9 Å². The topological polar surface area (TPSA) is 93.2 Å². The van der Waals surface area contributed by atoms with Crippen LogP contribution >= 0.6 is 0 Å². The summed E-state index contributed by atoms with van der Waals surface area (Å²) in [5.74, 6) is -0.0855. The summed E-state index contributed by atoms with van der Waals surface area (Å²) >= 11 is 0. The molecule has 0 spiro atoms. The summed E-state index contributed by atoms with van der Waals surface area (Å²) in [7, 11) is 0. The van der Waals surface area contributed by atoms with Gasteiger partial charge in [0.25, 0.3) is 5.91 Å². The van der Waals surface area contributed by atoms with E-state index in [0.29, 0.717) is 29.4 Å². The molecule has 1 aromatic heterocycles. The molecule has 0 aliphatic carbocycles. The molecule has 0 saturated carbocycles. The van der Waals surface area contributed by atoms with E-state index in [0.717, 1.165) is 29.9 Å². The SMILES string of the molecule is CCCCOC(=O)c1ccc(NC(=O)c2ccc(Nc3nc(C)cc(C)n3)cc2)cc1. The smallest absolute Gasteiger partial charge is 0.338 e. The van der Waals surface area contributed by atoms with Gasteiger partial charge in [0.05, 0.1) is 12.2 Å². The largest absolute Gasteiger partial charge is 0.462 e. The minimum absolute atomic E-state index is 0.243. The molecule has 7 heteroatoms. The Kier molecular flexibility index (Phi) is 7.32. The Labute approximate surface area is 181 Å². The number of nitrogens with one attached hydrogen (secondary N) is 2. The van der Waals surface area contributed by atoms with Gasteiger partial charge in [-0.2, -0.15) is 0 Å². The van der Waals surface area contributed by atoms with Gasteiger partial charge >= 0.3 is 5.97 Å². The van der Waals surface area contributed by atoms with Crippen LogP contribution in [0.2, 0.25) is 0 Å². The molecular formula is C24H26N4O3. The molecule has 0 fully saturated rings. The van der Waals surface area contributed by atoms with Crippen LogP contribution < -0.4 is 10.6 Å². The first-order chi connectivity index (χ1) is 14.9. The summed E-state index contributed by atoms with van der Waals surface area (Å²) in [4.78, 5) is 33.2. The molecule has 3 rings (SSSR count). The number of aromatic nitrogens is 2. The molecule has 31 heavy (non-hydrogen) atoms. The zero-order valence-corrected chi connectivity index (χ0v) is 17.9. The lowest BCUT2D eigenvalue weighted by Crippen LogP contribution is -2.12. The predicted octanol–water partition coefficient (Wildman–Crippen LogP) is 5.05. The van der Waals surface area contributed by atoms with Crippen LogP contribution in [-0.2, 0) is 4.74 Å². The third kappa shape index (κ3) is 6.37. The maximum atomic E-state index is 12.5. The molecule has 7 nitrogen and oxygen atoms in total. The summed E-state index contributed by atoms with van der Waals surface area (Å²) < 4.78 is 5.18. The number of unbranched alkanes of at least 4 members (excludes halogenated alkanes) is 1. The van der Waals surface area contributed by atoms with Crippen molar-refractivity contribution >= 4 is 29.2 Å². The number of esters is 1. The van der Waals surface area contributed by atoms with Crippen LogP contribution in [0, 0.1) is 13.8 Å². The molecule has 0 radical (unpaired) electrons. The maximum Gasteiger partial charge on any atom is 0.338 e. The van der Waals surface area contributed by atoms with Crippen molar-refractivity contribution in [3.63, 3.8) is 0 Å². The van der Waals surface area contributed by atoms with Crippen molar-refractivity contribution in [1.82, 2.24) is 9.97 Å². The molecule has 0 saturated heterocycles. The van der Waals surface area contributed by atoms with Crippen LogP contribution in [0.15, 0.2) is 54.6 Å². The van der Waals surface area contributed by atoms with E-state index in [-0.39, 0.29) is 11.9 Å². The molecule has 0 bridgehead atoms. The Morgan fingerprint density at radius 2 is 1.45 bits per heavy atom. The van der Waals surface area contributed by atoms with Gasteiger partial charge in [-0.25, -0.2) is 14.8 Å². The second-order valence-corrected chi connectivity index (χ2v) is 7.20. The van der Waals surface area contributed by atoms with Crippen LogP contribution in [0.4, 0.5) is 17.3 Å². The quantitative estimate of drug-likeness (QED) is 0.393. The van der Waals surface area contributed by atoms with Gasteiger partial charge in [-0.1, -0.05) is 13.3 Å². The predicted molar refractivity (Wildman–Crippen MR) is 121 cm³/mol. The monoisotopic (exact) mass is 418 g/mol. The van der Waals surface area contributed by atoms with E-state index in [4.69, 9.17) is 4.74 Å². The molecule has 2 N–H and O–H groups in total. The lowest BCUT2D eigenvalue weighted by molar-refractivity contribution is 0.0499. The highest BCUT2D eigenvalue weighted by molar-refractivity contribution is 6.04. The van der Waals surface area contributed by atoms with Gasteiger partial charge in [-0.15, -0.1) is 0 Å². The maximum absolute atomic E-state index is 12.5. The minimum Gasteiger partial charge on any atom is -0.462 e. The zero-order valence-electron chi connectivity index (χ0n) is 17.9. The van der Waals surface area contributed by atoms with Crippen molar-refractivity contribution in [1.29, 1.82) is 0 Å². The number of rotatable bonds is 8. The first kappa shape index (κ1) is 22.0. The number of aryl methyl sites for hydroxylation is 2. The highest BCUT2D eigenvalue weighted by Gasteiger charge is 2.10. The van der Waals surface area contributed by atoms with Crippen molar-refractivity contribution < 1.29 is 14.3 Å². The summed E-state index contributed by atoms with van der Waals surface area (Å²) in [6.45, 7) is 6.27. The lowest BCUT2D eigenvalue weighted by atomic mass is 10.1. The Bertz CT molecular complexity index is 1030. The third-order valence-electron chi connectivity index (χ3n) is 4.50. The number of hydrogen-bond acceptors (Lipinski definition) is 6. The van der Waals surface area contributed by atoms with Gasteiger partial charge in [0, 0.05) is 28.3 Å². The van der Waals surface area contributed by atoms with Gasteiger partial charge in [0.15, 0.2) is 0 Å². The van der Waals surface area contributed by atoms with Crippen LogP contribution in [0.3, 0.4) is 0 Å². The van der Waals surface area contributed by atoms with E-state index in [1.807, 2.05) is 26.8 Å². The second kappa shape index (κ2) is 10.3. The number of hydrogen-bond donors (Lipinski definition) is 2. The molecule has 0 unspecified atom stereocenters. The summed E-state index contributed by atoms with van der Waals surface area (Å²) in [6.07, 6.45) is 1.81. The van der Waals surface area contributed by atoms with E-state index in [1.165, 1.54) is 0 Å². The van der Waals surface area contributed by atoms with Crippen molar-refractivity contribution in [2.75, 3.05) is 17.2 Å². The standard InChI is InChI=1S/C24H26N4O3/c1-4-5-14-31-23(30)19-8-12-20(13-9-19)27-22(29)18-6-10-21(11-7-18)28-24-25-16(2)15-17(3)26-24/h6-13,15H,4-5,14H2,1-3H3,(H,27,29)(H,25,26,28). The molecule has 160 valence electrons. The van der Waals surface area contributed by atoms with E-state index in [1.54, 1.807) is 48.5 Å². The number of carbonyl (C=O) groups excluding carboxylic acids is 2. The average molecular weight is 418 g/mol. The Balaban J connectivity index is 1.58. The minimum atomic E-state index is -0.359. The Morgan fingerprint density at radius 1 is 0.871 bits per heavy atom. The number of benzene rings is 2. The van der Waals surface area contributed by atoms with Crippen molar-refractivity contribution in [2.45, 2.75) is 33.6 Å².